The number of aliphatic carboxylic acids is 1. The molecule has 0 spiro atoms. The van der Waals surface area contributed by atoms with Crippen LogP contribution >= 0.6 is 0 Å². The number of nitrogens with zero attached hydrogens (tertiary/aromatic N) is 1. The lowest BCUT2D eigenvalue weighted by molar-refractivity contribution is -0.151. The van der Waals surface area contributed by atoms with Crippen molar-refractivity contribution in [2.45, 2.75) is 18.9 Å². The van der Waals surface area contributed by atoms with Crippen LogP contribution in [0, 0.1) is 5.92 Å². The normalized spacial score (nSPS) is 22.0. The topological polar surface area (TPSA) is 69.6 Å². The molecule has 106 valence electrons. The summed E-state index contributed by atoms with van der Waals surface area (Å²) in [5, 5.41) is 12.6. The van der Waals surface area contributed by atoms with Crippen molar-refractivity contribution in [3.8, 4) is 0 Å². The summed E-state index contributed by atoms with van der Waals surface area (Å²) in [7, 11) is 0. The monoisotopic (exact) mass is 274 g/mol. The molecule has 0 bridgehead atoms. The first-order chi connectivity index (χ1) is 9.66. The number of hydrogen-bond donors (Lipinski definition) is 2. The summed E-state index contributed by atoms with van der Waals surface area (Å²) in [6, 6.07) is 6.68. The molecule has 0 aromatic heterocycles. The quantitative estimate of drug-likeness (QED) is 0.855. The van der Waals surface area contributed by atoms with E-state index in [0.29, 0.717) is 18.9 Å². The molecular formula is C15H18N2O3. The highest BCUT2D eigenvalue weighted by Crippen LogP contribution is 2.31. The molecule has 1 aromatic carbocycles. The Morgan fingerprint density at radius 2 is 2.05 bits per heavy atom. The highest BCUT2D eigenvalue weighted by Gasteiger charge is 2.36. The van der Waals surface area contributed by atoms with Crippen molar-refractivity contribution in [3.63, 3.8) is 0 Å². The smallest absolute Gasteiger partial charge is 0.331 e. The highest BCUT2D eigenvalue weighted by atomic mass is 16.4. The summed E-state index contributed by atoms with van der Waals surface area (Å²) in [5.74, 6) is -0.634. The number of carbonyl (C=O) groups is 2. The van der Waals surface area contributed by atoms with Gasteiger partial charge in [-0.05, 0) is 36.6 Å². The summed E-state index contributed by atoms with van der Waals surface area (Å²) >= 11 is 0. The lowest BCUT2D eigenvalue weighted by atomic mass is 9.91. The molecule has 0 saturated carbocycles. The zero-order chi connectivity index (χ0) is 14.1. The van der Waals surface area contributed by atoms with Crippen LogP contribution in [-0.4, -0.2) is 41.5 Å². The van der Waals surface area contributed by atoms with Crippen LogP contribution in [0.2, 0.25) is 0 Å². The largest absolute Gasteiger partial charge is 0.479 e. The molecule has 2 heterocycles. The minimum atomic E-state index is -0.947. The Morgan fingerprint density at radius 3 is 2.70 bits per heavy atom. The Bertz CT molecular complexity index is 540. The maximum absolute atomic E-state index is 12.4. The number of amides is 1. The van der Waals surface area contributed by atoms with E-state index in [0.717, 1.165) is 30.6 Å². The van der Waals surface area contributed by atoms with Crippen molar-refractivity contribution in [2.24, 2.45) is 5.92 Å². The summed E-state index contributed by atoms with van der Waals surface area (Å²) in [6.45, 7) is 2.20. The summed E-state index contributed by atoms with van der Waals surface area (Å²) < 4.78 is 0. The Morgan fingerprint density at radius 1 is 1.30 bits per heavy atom. The van der Waals surface area contributed by atoms with Gasteiger partial charge in [-0.3, -0.25) is 4.79 Å². The van der Waals surface area contributed by atoms with Crippen LogP contribution in [-0.2, 0) is 16.0 Å². The maximum atomic E-state index is 12.4. The van der Waals surface area contributed by atoms with Gasteiger partial charge in [0.1, 0.15) is 0 Å². The average Bonchev–Trinajstić information content (AvgIpc) is 2.41. The number of hydrogen-bond acceptors (Lipinski definition) is 3. The first kappa shape index (κ1) is 13.1. The van der Waals surface area contributed by atoms with Gasteiger partial charge in [-0.15, -0.1) is 0 Å². The molecule has 2 N–H and O–H groups in total. The fourth-order valence-electron chi connectivity index (χ4n) is 2.96. The van der Waals surface area contributed by atoms with Crippen LogP contribution in [0.25, 0.3) is 0 Å². The highest BCUT2D eigenvalue weighted by molar-refractivity contribution is 5.85. The van der Waals surface area contributed by atoms with Crippen molar-refractivity contribution >= 4 is 11.9 Å². The molecule has 1 unspecified atom stereocenters. The van der Waals surface area contributed by atoms with Crippen LogP contribution in [0.5, 0.6) is 0 Å². The van der Waals surface area contributed by atoms with E-state index in [2.05, 4.69) is 5.32 Å². The van der Waals surface area contributed by atoms with Crippen molar-refractivity contribution in [1.29, 1.82) is 0 Å². The van der Waals surface area contributed by atoms with Gasteiger partial charge in [-0.1, -0.05) is 24.3 Å². The van der Waals surface area contributed by atoms with Gasteiger partial charge in [0, 0.05) is 13.0 Å². The minimum Gasteiger partial charge on any atom is -0.479 e. The number of carboxylic acids is 1. The molecule has 2 aliphatic heterocycles. The third kappa shape index (κ3) is 2.29. The van der Waals surface area contributed by atoms with Crippen LogP contribution in [0.1, 0.15) is 23.6 Å². The van der Waals surface area contributed by atoms with E-state index in [1.54, 1.807) is 0 Å². The summed E-state index contributed by atoms with van der Waals surface area (Å²) in [5.41, 5.74) is 1.79. The molecule has 1 aromatic rings. The molecule has 2 aliphatic rings. The Balaban J connectivity index is 1.84. The zero-order valence-electron chi connectivity index (χ0n) is 11.2. The molecule has 1 amide bonds. The lowest BCUT2D eigenvalue weighted by Crippen LogP contribution is -2.48. The van der Waals surface area contributed by atoms with E-state index >= 15 is 0 Å². The number of benzene rings is 1. The molecule has 0 aliphatic carbocycles. The SMILES string of the molecule is O=C(O)C1c2ccccc2CCN1C(=O)CC1CNC1. The van der Waals surface area contributed by atoms with Crippen LogP contribution in [0.15, 0.2) is 24.3 Å². The Labute approximate surface area is 117 Å². The Kier molecular flexibility index (Phi) is 3.44. The van der Waals surface area contributed by atoms with Gasteiger partial charge in [-0.25, -0.2) is 4.79 Å². The van der Waals surface area contributed by atoms with E-state index < -0.39 is 12.0 Å². The number of carboxylic acid groups (broad SMARTS) is 1. The van der Waals surface area contributed by atoms with Gasteiger partial charge >= 0.3 is 5.97 Å². The van der Waals surface area contributed by atoms with E-state index in [1.807, 2.05) is 24.3 Å². The zero-order valence-corrected chi connectivity index (χ0v) is 11.2. The predicted octanol–water partition coefficient (Wildman–Crippen LogP) is 0.806. The number of nitrogens with one attached hydrogen (secondary N) is 1. The minimum absolute atomic E-state index is 0.0431. The molecular weight excluding hydrogens is 256 g/mol. The second-order valence-corrected chi connectivity index (χ2v) is 5.51. The molecule has 0 radical (unpaired) electrons. The second kappa shape index (κ2) is 5.25. The average molecular weight is 274 g/mol. The lowest BCUT2D eigenvalue weighted by Gasteiger charge is -2.36. The Hall–Kier alpha value is -1.88. The first-order valence-corrected chi connectivity index (χ1v) is 6.97. The first-order valence-electron chi connectivity index (χ1n) is 6.97. The van der Waals surface area contributed by atoms with Gasteiger partial charge in [-0.2, -0.15) is 0 Å². The number of rotatable bonds is 3. The van der Waals surface area contributed by atoms with Gasteiger partial charge in [0.2, 0.25) is 5.91 Å². The van der Waals surface area contributed by atoms with E-state index in [4.69, 9.17) is 0 Å². The number of fused-ring (bicyclic) bond motifs is 1. The van der Waals surface area contributed by atoms with Crippen molar-refractivity contribution in [1.82, 2.24) is 10.2 Å². The van der Waals surface area contributed by atoms with Crippen molar-refractivity contribution < 1.29 is 14.7 Å². The molecule has 5 nitrogen and oxygen atoms in total. The molecule has 1 fully saturated rings. The molecule has 5 heteroatoms. The van der Waals surface area contributed by atoms with Gasteiger partial charge in [0.05, 0.1) is 0 Å². The standard InChI is InChI=1S/C15H18N2O3/c18-13(7-10-8-16-9-10)17-6-5-11-3-1-2-4-12(11)14(17)15(19)20/h1-4,10,14,16H,5-9H2,(H,19,20). The van der Waals surface area contributed by atoms with Crippen molar-refractivity contribution in [3.05, 3.63) is 35.4 Å². The van der Waals surface area contributed by atoms with Gasteiger partial charge in [0.25, 0.3) is 0 Å². The molecule has 20 heavy (non-hydrogen) atoms. The van der Waals surface area contributed by atoms with Crippen LogP contribution in [0.3, 0.4) is 0 Å². The van der Waals surface area contributed by atoms with Gasteiger partial charge in [0.15, 0.2) is 6.04 Å². The van der Waals surface area contributed by atoms with E-state index in [9.17, 15) is 14.7 Å². The summed E-state index contributed by atoms with van der Waals surface area (Å²) in [6.07, 6.45) is 1.17. The third-order valence-electron chi connectivity index (χ3n) is 4.17. The second-order valence-electron chi connectivity index (χ2n) is 5.51. The number of carbonyl (C=O) groups excluding carboxylic acids is 1. The molecule has 1 atom stereocenters. The predicted molar refractivity (Wildman–Crippen MR) is 73.2 cm³/mol. The summed E-state index contributed by atoms with van der Waals surface area (Å²) in [4.78, 5) is 25.5. The molecule has 3 rings (SSSR count). The van der Waals surface area contributed by atoms with E-state index in [-0.39, 0.29) is 5.91 Å². The molecule has 1 saturated heterocycles. The fourth-order valence-corrected chi connectivity index (χ4v) is 2.96. The van der Waals surface area contributed by atoms with Crippen molar-refractivity contribution in [2.75, 3.05) is 19.6 Å². The van der Waals surface area contributed by atoms with Gasteiger partial charge < -0.3 is 15.3 Å². The third-order valence-corrected chi connectivity index (χ3v) is 4.17. The maximum Gasteiger partial charge on any atom is 0.331 e. The van der Waals surface area contributed by atoms with Crippen LogP contribution in [0.4, 0.5) is 0 Å². The van der Waals surface area contributed by atoms with E-state index in [1.165, 1.54) is 4.90 Å². The fraction of sp³-hybridized carbons (Fsp3) is 0.467. The van der Waals surface area contributed by atoms with Crippen LogP contribution < -0.4 is 5.32 Å².